The van der Waals surface area contributed by atoms with Gasteiger partial charge in [-0.2, -0.15) is 0 Å². The van der Waals surface area contributed by atoms with Crippen molar-refractivity contribution in [1.29, 1.82) is 0 Å². The Morgan fingerprint density at radius 3 is 2.71 bits per heavy atom. The molecule has 0 amide bonds. The standard InChI is InChI=1S/C13H23N3S/c1-9(2)16(8-11-5-6-11)13-15-7-12(17-13)10(3)14-4/h7,9-11,14H,5-6,8H2,1-4H3. The third kappa shape index (κ3) is 3.19. The molecule has 1 saturated carbocycles. The Morgan fingerprint density at radius 1 is 1.47 bits per heavy atom. The third-order valence-corrected chi connectivity index (χ3v) is 4.61. The van der Waals surface area contributed by atoms with Crippen LogP contribution in [0.4, 0.5) is 5.13 Å². The van der Waals surface area contributed by atoms with E-state index in [4.69, 9.17) is 0 Å². The number of nitrogens with zero attached hydrogens (tertiary/aromatic N) is 2. The van der Waals surface area contributed by atoms with E-state index >= 15 is 0 Å². The zero-order chi connectivity index (χ0) is 12.4. The Kier molecular flexibility index (Phi) is 4.05. The van der Waals surface area contributed by atoms with Gasteiger partial charge in [-0.3, -0.25) is 0 Å². The highest BCUT2D eigenvalue weighted by Gasteiger charge is 2.27. The fourth-order valence-electron chi connectivity index (χ4n) is 1.84. The molecule has 96 valence electrons. The molecular weight excluding hydrogens is 230 g/mol. The lowest BCUT2D eigenvalue weighted by Crippen LogP contribution is -2.32. The van der Waals surface area contributed by atoms with Crippen molar-refractivity contribution in [3.8, 4) is 0 Å². The van der Waals surface area contributed by atoms with Crippen LogP contribution in [0.2, 0.25) is 0 Å². The summed E-state index contributed by atoms with van der Waals surface area (Å²) in [7, 11) is 1.99. The largest absolute Gasteiger partial charge is 0.345 e. The molecule has 0 radical (unpaired) electrons. The van der Waals surface area contributed by atoms with Crippen molar-refractivity contribution >= 4 is 16.5 Å². The van der Waals surface area contributed by atoms with Gasteiger partial charge in [0.15, 0.2) is 5.13 Å². The van der Waals surface area contributed by atoms with Crippen LogP contribution in [0.1, 0.15) is 44.5 Å². The van der Waals surface area contributed by atoms with Gasteiger partial charge in [0, 0.05) is 29.7 Å². The monoisotopic (exact) mass is 253 g/mol. The normalized spacial score (nSPS) is 17.5. The van der Waals surface area contributed by atoms with Crippen LogP contribution in [0.5, 0.6) is 0 Å². The highest BCUT2D eigenvalue weighted by Crippen LogP contribution is 2.34. The lowest BCUT2D eigenvalue weighted by molar-refractivity contribution is 0.642. The van der Waals surface area contributed by atoms with Crippen LogP contribution in [0.25, 0.3) is 0 Å². The maximum absolute atomic E-state index is 4.59. The van der Waals surface area contributed by atoms with Gasteiger partial charge in [0.2, 0.25) is 0 Å². The van der Waals surface area contributed by atoms with Crippen LogP contribution in [0.3, 0.4) is 0 Å². The van der Waals surface area contributed by atoms with Crippen LogP contribution in [0.15, 0.2) is 6.20 Å². The van der Waals surface area contributed by atoms with Gasteiger partial charge >= 0.3 is 0 Å². The molecule has 1 aromatic rings. The number of hydrogen-bond acceptors (Lipinski definition) is 4. The molecule has 1 atom stereocenters. The predicted molar refractivity (Wildman–Crippen MR) is 74.8 cm³/mol. The summed E-state index contributed by atoms with van der Waals surface area (Å²) in [5.74, 6) is 0.909. The van der Waals surface area contributed by atoms with Crippen LogP contribution in [-0.2, 0) is 0 Å². The maximum Gasteiger partial charge on any atom is 0.185 e. The first-order valence-corrected chi connectivity index (χ1v) is 7.33. The first-order chi connectivity index (χ1) is 8.11. The molecule has 0 spiro atoms. The number of anilines is 1. The van der Waals surface area contributed by atoms with E-state index in [1.54, 1.807) is 0 Å². The van der Waals surface area contributed by atoms with Crippen molar-refractivity contribution in [3.63, 3.8) is 0 Å². The number of thiazole rings is 1. The number of nitrogens with one attached hydrogen (secondary N) is 1. The van der Waals surface area contributed by atoms with E-state index in [-0.39, 0.29) is 0 Å². The van der Waals surface area contributed by atoms with Crippen LogP contribution >= 0.6 is 11.3 Å². The van der Waals surface area contributed by atoms with Gasteiger partial charge in [-0.05, 0) is 46.6 Å². The first-order valence-electron chi connectivity index (χ1n) is 6.51. The Hall–Kier alpha value is -0.610. The molecule has 1 aliphatic carbocycles. The van der Waals surface area contributed by atoms with E-state index in [1.807, 2.05) is 24.6 Å². The predicted octanol–water partition coefficient (Wildman–Crippen LogP) is 3.05. The molecule has 1 aliphatic rings. The molecule has 0 bridgehead atoms. The van der Waals surface area contributed by atoms with Crippen molar-refractivity contribution in [2.75, 3.05) is 18.5 Å². The minimum Gasteiger partial charge on any atom is -0.345 e. The lowest BCUT2D eigenvalue weighted by Gasteiger charge is -2.26. The van der Waals surface area contributed by atoms with Crippen molar-refractivity contribution in [2.45, 2.75) is 45.7 Å². The smallest absolute Gasteiger partial charge is 0.185 e. The Morgan fingerprint density at radius 2 is 2.18 bits per heavy atom. The summed E-state index contributed by atoms with van der Waals surface area (Å²) in [5.41, 5.74) is 0. The number of rotatable bonds is 6. The van der Waals surface area contributed by atoms with E-state index in [2.05, 4.69) is 36.0 Å². The summed E-state index contributed by atoms with van der Waals surface area (Å²) in [6.07, 6.45) is 4.81. The summed E-state index contributed by atoms with van der Waals surface area (Å²) in [6.45, 7) is 7.87. The van der Waals surface area contributed by atoms with Crippen LogP contribution in [0, 0.1) is 5.92 Å². The zero-order valence-electron chi connectivity index (χ0n) is 11.2. The zero-order valence-corrected chi connectivity index (χ0v) is 12.0. The van der Waals surface area contributed by atoms with E-state index in [0.717, 1.165) is 5.92 Å². The summed E-state index contributed by atoms with van der Waals surface area (Å²) >= 11 is 1.82. The second kappa shape index (κ2) is 5.36. The molecule has 3 nitrogen and oxygen atoms in total. The number of aromatic nitrogens is 1. The minimum atomic E-state index is 0.399. The molecule has 1 N–H and O–H groups in total. The van der Waals surface area contributed by atoms with E-state index in [9.17, 15) is 0 Å². The van der Waals surface area contributed by atoms with Gasteiger partial charge in [-0.15, -0.1) is 11.3 Å². The molecular formula is C13H23N3S. The molecule has 1 fully saturated rings. The molecule has 4 heteroatoms. The van der Waals surface area contributed by atoms with Gasteiger partial charge in [0.05, 0.1) is 0 Å². The van der Waals surface area contributed by atoms with E-state index in [0.29, 0.717) is 12.1 Å². The van der Waals surface area contributed by atoms with E-state index < -0.39 is 0 Å². The summed E-state index contributed by atoms with van der Waals surface area (Å²) in [4.78, 5) is 8.37. The summed E-state index contributed by atoms with van der Waals surface area (Å²) in [5, 5.41) is 4.45. The van der Waals surface area contributed by atoms with Gasteiger partial charge in [0.25, 0.3) is 0 Å². The lowest BCUT2D eigenvalue weighted by atomic mass is 10.3. The maximum atomic E-state index is 4.59. The van der Waals surface area contributed by atoms with Crippen molar-refractivity contribution in [3.05, 3.63) is 11.1 Å². The number of hydrogen-bond donors (Lipinski definition) is 1. The topological polar surface area (TPSA) is 28.2 Å². The fourth-order valence-corrected chi connectivity index (χ4v) is 2.96. The molecule has 0 aliphatic heterocycles. The highest BCUT2D eigenvalue weighted by atomic mass is 32.1. The molecule has 0 saturated heterocycles. The third-order valence-electron chi connectivity index (χ3n) is 3.39. The second-order valence-corrected chi connectivity index (χ2v) is 6.29. The fraction of sp³-hybridized carbons (Fsp3) is 0.769. The van der Waals surface area contributed by atoms with Crippen molar-refractivity contribution in [1.82, 2.24) is 10.3 Å². The molecule has 17 heavy (non-hydrogen) atoms. The van der Waals surface area contributed by atoms with E-state index in [1.165, 1.54) is 29.4 Å². The van der Waals surface area contributed by atoms with Gasteiger partial charge in [-0.25, -0.2) is 4.98 Å². The second-order valence-electron chi connectivity index (χ2n) is 5.25. The van der Waals surface area contributed by atoms with Crippen LogP contribution in [-0.4, -0.2) is 24.6 Å². The van der Waals surface area contributed by atoms with Gasteiger partial charge in [0.1, 0.15) is 0 Å². The van der Waals surface area contributed by atoms with Gasteiger partial charge < -0.3 is 10.2 Å². The molecule has 1 heterocycles. The molecule has 0 aromatic carbocycles. The quantitative estimate of drug-likeness (QED) is 0.844. The average Bonchev–Trinajstić information content (AvgIpc) is 3.00. The summed E-state index contributed by atoms with van der Waals surface area (Å²) < 4.78 is 0. The minimum absolute atomic E-state index is 0.399. The molecule has 1 aromatic heterocycles. The van der Waals surface area contributed by atoms with Gasteiger partial charge in [-0.1, -0.05) is 0 Å². The Bertz CT molecular complexity index is 357. The summed E-state index contributed by atoms with van der Waals surface area (Å²) in [6, 6.07) is 0.940. The van der Waals surface area contributed by atoms with Crippen molar-refractivity contribution in [2.24, 2.45) is 5.92 Å². The molecule has 2 rings (SSSR count). The Labute approximate surface area is 108 Å². The van der Waals surface area contributed by atoms with Crippen molar-refractivity contribution < 1.29 is 0 Å². The highest BCUT2D eigenvalue weighted by molar-refractivity contribution is 7.15. The SMILES string of the molecule is CNC(C)c1cnc(N(CC2CC2)C(C)C)s1. The van der Waals surface area contributed by atoms with Crippen LogP contribution < -0.4 is 10.2 Å². The Balaban J connectivity index is 2.09. The molecule has 1 unspecified atom stereocenters. The first kappa shape index (κ1) is 12.8. The average molecular weight is 253 g/mol.